The van der Waals surface area contributed by atoms with Gasteiger partial charge in [-0.05, 0) is 61.7 Å². The van der Waals surface area contributed by atoms with Crippen LogP contribution in [0.5, 0.6) is 5.75 Å². The lowest BCUT2D eigenvalue weighted by Crippen LogP contribution is -2.25. The highest BCUT2D eigenvalue weighted by molar-refractivity contribution is 6.05. The number of nitrogens with one attached hydrogen (secondary N) is 2. The maximum atomic E-state index is 12.4. The van der Waals surface area contributed by atoms with E-state index < -0.39 is 0 Å². The maximum absolute atomic E-state index is 12.4. The van der Waals surface area contributed by atoms with Crippen LogP contribution in [-0.4, -0.2) is 24.5 Å². The lowest BCUT2D eigenvalue weighted by atomic mass is 10.1. The van der Waals surface area contributed by atoms with Gasteiger partial charge in [0.05, 0.1) is 6.61 Å². The van der Waals surface area contributed by atoms with Crippen molar-refractivity contribution in [1.82, 2.24) is 5.32 Å². The fraction of sp³-hybridized carbons (Fsp3) is 0.333. The predicted molar refractivity (Wildman–Crippen MR) is 102 cm³/mol. The minimum absolute atomic E-state index is 0.0998. The van der Waals surface area contributed by atoms with Crippen LogP contribution in [0.2, 0.25) is 0 Å². The zero-order valence-electron chi connectivity index (χ0n) is 15.0. The van der Waals surface area contributed by atoms with Gasteiger partial charge in [-0.15, -0.1) is 0 Å². The van der Waals surface area contributed by atoms with Gasteiger partial charge in [0, 0.05) is 22.9 Å². The van der Waals surface area contributed by atoms with Crippen molar-refractivity contribution >= 4 is 17.5 Å². The molecule has 1 saturated carbocycles. The molecule has 5 heteroatoms. The van der Waals surface area contributed by atoms with Crippen LogP contribution >= 0.6 is 0 Å². The summed E-state index contributed by atoms with van der Waals surface area (Å²) in [5.74, 6) is 0.441. The fourth-order valence-corrected chi connectivity index (χ4v) is 2.47. The Labute approximate surface area is 153 Å². The summed E-state index contributed by atoms with van der Waals surface area (Å²) in [6.45, 7) is 2.79. The summed E-state index contributed by atoms with van der Waals surface area (Å²) < 4.78 is 5.60. The Hall–Kier alpha value is -2.82. The van der Waals surface area contributed by atoms with Crippen molar-refractivity contribution in [2.45, 2.75) is 38.6 Å². The molecule has 2 aromatic rings. The third-order valence-electron chi connectivity index (χ3n) is 4.18. The molecule has 3 rings (SSSR count). The van der Waals surface area contributed by atoms with E-state index in [-0.39, 0.29) is 11.8 Å². The maximum Gasteiger partial charge on any atom is 0.255 e. The van der Waals surface area contributed by atoms with Gasteiger partial charge in [0.2, 0.25) is 0 Å². The van der Waals surface area contributed by atoms with E-state index in [1.54, 1.807) is 48.5 Å². The third-order valence-corrected chi connectivity index (χ3v) is 4.18. The second-order valence-electron chi connectivity index (χ2n) is 6.51. The molecule has 2 amide bonds. The molecule has 0 aromatic heterocycles. The molecule has 5 nitrogen and oxygen atoms in total. The van der Waals surface area contributed by atoms with Crippen molar-refractivity contribution in [3.05, 3.63) is 59.7 Å². The van der Waals surface area contributed by atoms with E-state index in [2.05, 4.69) is 17.6 Å². The highest BCUT2D eigenvalue weighted by Gasteiger charge is 2.23. The standard InChI is InChI=1S/C21H24N2O3/c1-2-3-13-26-19-11-7-15(8-12-19)20(24)23-18-6-4-5-16(14-18)21(25)22-17-9-10-17/h4-8,11-12,14,17H,2-3,9-10,13H2,1H3,(H,22,25)(H,23,24). The zero-order valence-corrected chi connectivity index (χ0v) is 15.0. The molecule has 0 heterocycles. The van der Waals surface area contributed by atoms with Gasteiger partial charge in [-0.25, -0.2) is 0 Å². The van der Waals surface area contributed by atoms with E-state index in [4.69, 9.17) is 4.74 Å². The highest BCUT2D eigenvalue weighted by Crippen LogP contribution is 2.20. The van der Waals surface area contributed by atoms with Crippen molar-refractivity contribution < 1.29 is 14.3 Å². The molecule has 1 fully saturated rings. The predicted octanol–water partition coefficient (Wildman–Crippen LogP) is 4.01. The van der Waals surface area contributed by atoms with Gasteiger partial charge in [0.15, 0.2) is 0 Å². The number of amides is 2. The first-order chi connectivity index (χ1) is 12.7. The molecule has 0 spiro atoms. The number of carbonyl (C=O) groups is 2. The number of unbranched alkanes of at least 4 members (excludes halogenated alkanes) is 1. The van der Waals surface area contributed by atoms with Crippen molar-refractivity contribution in [3.8, 4) is 5.75 Å². The van der Waals surface area contributed by atoms with Gasteiger partial charge < -0.3 is 15.4 Å². The average molecular weight is 352 g/mol. The van der Waals surface area contributed by atoms with E-state index in [1.165, 1.54) is 0 Å². The van der Waals surface area contributed by atoms with E-state index in [0.29, 0.717) is 29.5 Å². The van der Waals surface area contributed by atoms with E-state index >= 15 is 0 Å². The summed E-state index contributed by atoms with van der Waals surface area (Å²) in [4.78, 5) is 24.5. The van der Waals surface area contributed by atoms with Gasteiger partial charge in [0.1, 0.15) is 5.75 Å². The van der Waals surface area contributed by atoms with E-state index in [9.17, 15) is 9.59 Å². The van der Waals surface area contributed by atoms with E-state index in [0.717, 1.165) is 31.4 Å². The lowest BCUT2D eigenvalue weighted by Gasteiger charge is -2.09. The van der Waals surface area contributed by atoms with Crippen LogP contribution in [0.4, 0.5) is 5.69 Å². The van der Waals surface area contributed by atoms with Gasteiger partial charge in [-0.3, -0.25) is 9.59 Å². The number of carbonyl (C=O) groups excluding carboxylic acids is 2. The normalized spacial score (nSPS) is 13.1. The molecule has 0 unspecified atom stereocenters. The molecule has 0 saturated heterocycles. The second-order valence-corrected chi connectivity index (χ2v) is 6.51. The minimum atomic E-state index is -0.218. The fourth-order valence-electron chi connectivity index (χ4n) is 2.47. The Kier molecular flexibility index (Phi) is 5.89. The van der Waals surface area contributed by atoms with Gasteiger partial charge in [0.25, 0.3) is 11.8 Å². The molecular formula is C21H24N2O3. The first-order valence-corrected chi connectivity index (χ1v) is 9.11. The number of anilines is 1. The van der Waals surface area contributed by atoms with Gasteiger partial charge in [-0.2, -0.15) is 0 Å². The van der Waals surface area contributed by atoms with Crippen LogP contribution in [0.3, 0.4) is 0 Å². The molecule has 136 valence electrons. The van der Waals surface area contributed by atoms with Crippen molar-refractivity contribution in [3.63, 3.8) is 0 Å². The summed E-state index contributed by atoms with van der Waals surface area (Å²) in [5, 5.41) is 5.78. The first-order valence-electron chi connectivity index (χ1n) is 9.11. The summed E-state index contributed by atoms with van der Waals surface area (Å²) in [6.07, 6.45) is 4.17. The molecule has 0 aliphatic heterocycles. The number of hydrogen-bond donors (Lipinski definition) is 2. The van der Waals surface area contributed by atoms with Gasteiger partial charge >= 0.3 is 0 Å². The molecule has 0 radical (unpaired) electrons. The third kappa shape index (κ3) is 5.09. The highest BCUT2D eigenvalue weighted by atomic mass is 16.5. The van der Waals surface area contributed by atoms with Crippen LogP contribution in [0.25, 0.3) is 0 Å². The smallest absolute Gasteiger partial charge is 0.255 e. The lowest BCUT2D eigenvalue weighted by molar-refractivity contribution is 0.0949. The summed E-state index contributed by atoms with van der Waals surface area (Å²) >= 11 is 0. The van der Waals surface area contributed by atoms with Crippen LogP contribution < -0.4 is 15.4 Å². The second kappa shape index (κ2) is 8.52. The number of hydrogen-bond acceptors (Lipinski definition) is 3. The quantitative estimate of drug-likeness (QED) is 0.706. The number of benzene rings is 2. The minimum Gasteiger partial charge on any atom is -0.494 e. The Morgan fingerprint density at radius 1 is 1.04 bits per heavy atom. The Morgan fingerprint density at radius 3 is 2.50 bits per heavy atom. The topological polar surface area (TPSA) is 67.4 Å². The Balaban J connectivity index is 1.59. The van der Waals surface area contributed by atoms with Crippen molar-refractivity contribution in [2.75, 3.05) is 11.9 Å². The van der Waals surface area contributed by atoms with Crippen molar-refractivity contribution in [1.29, 1.82) is 0 Å². The zero-order chi connectivity index (χ0) is 18.4. The molecule has 1 aliphatic carbocycles. The number of rotatable bonds is 8. The summed E-state index contributed by atoms with van der Waals surface area (Å²) in [5.41, 5.74) is 1.69. The van der Waals surface area contributed by atoms with E-state index in [1.807, 2.05) is 0 Å². The molecule has 26 heavy (non-hydrogen) atoms. The molecule has 0 atom stereocenters. The van der Waals surface area contributed by atoms with Crippen LogP contribution in [0.15, 0.2) is 48.5 Å². The molecule has 0 bridgehead atoms. The Bertz CT molecular complexity index is 767. The van der Waals surface area contributed by atoms with Crippen LogP contribution in [-0.2, 0) is 0 Å². The average Bonchev–Trinajstić information content (AvgIpc) is 3.47. The molecule has 2 N–H and O–H groups in total. The molecular weight excluding hydrogens is 328 g/mol. The molecule has 2 aromatic carbocycles. The monoisotopic (exact) mass is 352 g/mol. The Morgan fingerprint density at radius 2 is 1.81 bits per heavy atom. The van der Waals surface area contributed by atoms with Crippen LogP contribution in [0.1, 0.15) is 53.3 Å². The van der Waals surface area contributed by atoms with Crippen molar-refractivity contribution in [2.24, 2.45) is 0 Å². The first kappa shape index (κ1) is 18.0. The summed E-state index contributed by atoms with van der Waals surface area (Å²) in [7, 11) is 0. The largest absolute Gasteiger partial charge is 0.494 e. The van der Waals surface area contributed by atoms with Gasteiger partial charge in [-0.1, -0.05) is 19.4 Å². The molecule has 1 aliphatic rings. The van der Waals surface area contributed by atoms with Crippen LogP contribution in [0, 0.1) is 0 Å². The SMILES string of the molecule is CCCCOc1ccc(C(=O)Nc2cccc(C(=O)NC3CC3)c2)cc1. The summed E-state index contributed by atoms with van der Waals surface area (Å²) in [6, 6.07) is 14.3. The number of ether oxygens (including phenoxy) is 1.